The Morgan fingerprint density at radius 3 is 2.45 bits per heavy atom. The van der Waals surface area contributed by atoms with Crippen LogP contribution in [-0.4, -0.2) is 29.7 Å². The molecule has 2 aliphatic rings. The zero-order chi connectivity index (χ0) is 14.3. The maximum Gasteiger partial charge on any atom is 0.256 e. The van der Waals surface area contributed by atoms with E-state index >= 15 is 0 Å². The Morgan fingerprint density at radius 2 is 1.80 bits per heavy atom. The average Bonchev–Trinajstić information content (AvgIpc) is 2.84. The molecule has 0 saturated carbocycles. The van der Waals surface area contributed by atoms with E-state index in [0.717, 1.165) is 12.8 Å². The van der Waals surface area contributed by atoms with Gasteiger partial charge in [0.1, 0.15) is 0 Å². The van der Waals surface area contributed by atoms with Gasteiger partial charge >= 0.3 is 0 Å². The number of anilines is 1. The molecule has 3 rings (SSSR count). The lowest BCUT2D eigenvalue weighted by molar-refractivity contribution is 0.0511. The first-order valence-corrected chi connectivity index (χ1v) is 7.09. The van der Waals surface area contributed by atoms with E-state index in [0.29, 0.717) is 22.7 Å². The van der Waals surface area contributed by atoms with Crippen molar-refractivity contribution in [1.29, 1.82) is 0 Å². The van der Waals surface area contributed by atoms with Gasteiger partial charge in [-0.2, -0.15) is 0 Å². The van der Waals surface area contributed by atoms with Crippen LogP contribution in [0.25, 0.3) is 0 Å². The highest BCUT2D eigenvalue weighted by molar-refractivity contribution is 6.00. The van der Waals surface area contributed by atoms with E-state index in [2.05, 4.69) is 13.8 Å². The highest BCUT2D eigenvalue weighted by Gasteiger charge is 2.31. The van der Waals surface area contributed by atoms with Gasteiger partial charge in [-0.1, -0.05) is 0 Å². The molecule has 0 spiro atoms. The molecule has 5 heteroatoms. The summed E-state index contributed by atoms with van der Waals surface area (Å²) >= 11 is 0. The number of amides is 1. The summed E-state index contributed by atoms with van der Waals surface area (Å²) < 4.78 is 10.6. The molecule has 1 aromatic carbocycles. The molecule has 2 heterocycles. The quantitative estimate of drug-likeness (QED) is 0.800. The minimum Gasteiger partial charge on any atom is -0.454 e. The van der Waals surface area contributed by atoms with Gasteiger partial charge in [0.15, 0.2) is 11.5 Å². The molecule has 108 valence electrons. The van der Waals surface area contributed by atoms with Crippen LogP contribution < -0.4 is 15.2 Å². The summed E-state index contributed by atoms with van der Waals surface area (Å²) in [6, 6.07) is 3.87. The molecular weight excluding hydrogens is 256 g/mol. The highest BCUT2D eigenvalue weighted by Crippen LogP contribution is 2.37. The van der Waals surface area contributed by atoms with Gasteiger partial charge in [-0.25, -0.2) is 0 Å². The minimum atomic E-state index is -0.0134. The second kappa shape index (κ2) is 4.89. The van der Waals surface area contributed by atoms with E-state index in [-0.39, 0.29) is 24.8 Å². The highest BCUT2D eigenvalue weighted by atomic mass is 16.7. The standard InChI is InChI=1S/C15H20N2O3/c1-9-4-3-5-10(2)17(9)15(18)11-6-13-14(7-12(11)16)20-8-19-13/h6-7,9-10H,3-5,8,16H2,1-2H3. The lowest BCUT2D eigenvalue weighted by atomic mass is 9.96. The van der Waals surface area contributed by atoms with Crippen LogP contribution in [0.2, 0.25) is 0 Å². The van der Waals surface area contributed by atoms with Crippen molar-refractivity contribution in [1.82, 2.24) is 4.90 Å². The molecule has 2 unspecified atom stereocenters. The monoisotopic (exact) mass is 276 g/mol. The molecule has 5 nitrogen and oxygen atoms in total. The molecule has 2 atom stereocenters. The number of ether oxygens (including phenoxy) is 2. The molecule has 1 aromatic rings. The Labute approximate surface area is 118 Å². The summed E-state index contributed by atoms with van der Waals surface area (Å²) in [5.74, 6) is 1.19. The number of likely N-dealkylation sites (tertiary alicyclic amines) is 1. The number of piperidine rings is 1. The third-order valence-electron chi connectivity index (χ3n) is 4.20. The van der Waals surface area contributed by atoms with Crippen molar-refractivity contribution < 1.29 is 14.3 Å². The summed E-state index contributed by atoms with van der Waals surface area (Å²) in [4.78, 5) is 14.7. The Kier molecular flexibility index (Phi) is 3.20. The first-order chi connectivity index (χ1) is 9.58. The zero-order valence-corrected chi connectivity index (χ0v) is 11.9. The van der Waals surface area contributed by atoms with Crippen molar-refractivity contribution in [2.75, 3.05) is 12.5 Å². The van der Waals surface area contributed by atoms with Crippen LogP contribution in [0.4, 0.5) is 5.69 Å². The lowest BCUT2D eigenvalue weighted by Crippen LogP contribution is -2.47. The Balaban J connectivity index is 1.94. The van der Waals surface area contributed by atoms with Crippen LogP contribution in [0.5, 0.6) is 11.5 Å². The number of nitrogens with zero attached hydrogens (tertiary/aromatic N) is 1. The summed E-state index contributed by atoms with van der Waals surface area (Å²) in [7, 11) is 0. The predicted octanol–water partition coefficient (Wildman–Crippen LogP) is 2.40. The largest absolute Gasteiger partial charge is 0.454 e. The van der Waals surface area contributed by atoms with Crippen molar-refractivity contribution >= 4 is 11.6 Å². The van der Waals surface area contributed by atoms with Gasteiger partial charge in [-0.05, 0) is 39.2 Å². The number of hydrogen-bond acceptors (Lipinski definition) is 4. The van der Waals surface area contributed by atoms with Gasteiger partial charge in [-0.15, -0.1) is 0 Å². The molecule has 0 radical (unpaired) electrons. The normalized spacial score (nSPS) is 24.8. The molecule has 2 aliphatic heterocycles. The van der Waals surface area contributed by atoms with E-state index in [4.69, 9.17) is 15.2 Å². The third-order valence-corrected chi connectivity index (χ3v) is 4.20. The van der Waals surface area contributed by atoms with Gasteiger partial charge < -0.3 is 20.1 Å². The topological polar surface area (TPSA) is 64.8 Å². The number of fused-ring (bicyclic) bond motifs is 1. The molecule has 0 aromatic heterocycles. The molecular formula is C15H20N2O3. The van der Waals surface area contributed by atoms with Crippen LogP contribution in [0.3, 0.4) is 0 Å². The van der Waals surface area contributed by atoms with E-state index in [1.807, 2.05) is 4.90 Å². The average molecular weight is 276 g/mol. The van der Waals surface area contributed by atoms with E-state index in [1.54, 1.807) is 12.1 Å². The van der Waals surface area contributed by atoms with Crippen molar-refractivity contribution in [3.8, 4) is 11.5 Å². The van der Waals surface area contributed by atoms with Crippen molar-refractivity contribution in [2.45, 2.75) is 45.2 Å². The number of benzene rings is 1. The molecule has 0 aliphatic carbocycles. The molecule has 1 saturated heterocycles. The van der Waals surface area contributed by atoms with Gasteiger partial charge in [0.25, 0.3) is 5.91 Å². The van der Waals surface area contributed by atoms with Crippen LogP contribution >= 0.6 is 0 Å². The van der Waals surface area contributed by atoms with E-state index < -0.39 is 0 Å². The van der Waals surface area contributed by atoms with Gasteiger partial charge in [0, 0.05) is 23.8 Å². The fourth-order valence-electron chi connectivity index (χ4n) is 3.10. The number of hydrogen-bond donors (Lipinski definition) is 1. The summed E-state index contributed by atoms with van der Waals surface area (Å²) in [6.07, 6.45) is 3.25. The fourth-order valence-corrected chi connectivity index (χ4v) is 3.10. The summed E-state index contributed by atoms with van der Waals surface area (Å²) in [5, 5.41) is 0. The zero-order valence-electron chi connectivity index (χ0n) is 11.9. The Bertz CT molecular complexity index is 534. The Morgan fingerprint density at radius 1 is 1.20 bits per heavy atom. The molecule has 0 bridgehead atoms. The first kappa shape index (κ1) is 13.1. The van der Waals surface area contributed by atoms with Crippen molar-refractivity contribution in [3.05, 3.63) is 17.7 Å². The van der Waals surface area contributed by atoms with Crippen molar-refractivity contribution in [3.63, 3.8) is 0 Å². The lowest BCUT2D eigenvalue weighted by Gasteiger charge is -2.39. The number of carbonyl (C=O) groups excluding carboxylic acids is 1. The molecule has 20 heavy (non-hydrogen) atoms. The molecule has 2 N–H and O–H groups in total. The third kappa shape index (κ3) is 2.07. The van der Waals surface area contributed by atoms with Crippen LogP contribution in [-0.2, 0) is 0 Å². The summed E-state index contributed by atoms with van der Waals surface area (Å²) in [5.41, 5.74) is 6.97. The van der Waals surface area contributed by atoms with E-state index in [1.165, 1.54) is 6.42 Å². The van der Waals surface area contributed by atoms with Crippen LogP contribution in [0.1, 0.15) is 43.5 Å². The van der Waals surface area contributed by atoms with Crippen molar-refractivity contribution in [2.24, 2.45) is 0 Å². The number of nitrogen functional groups attached to an aromatic ring is 1. The predicted molar refractivity (Wildman–Crippen MR) is 75.9 cm³/mol. The number of carbonyl (C=O) groups is 1. The van der Waals surface area contributed by atoms with Crippen LogP contribution in [0.15, 0.2) is 12.1 Å². The Hall–Kier alpha value is -1.91. The van der Waals surface area contributed by atoms with Crippen LogP contribution in [0, 0.1) is 0 Å². The smallest absolute Gasteiger partial charge is 0.256 e. The second-order valence-corrected chi connectivity index (χ2v) is 5.63. The number of nitrogens with two attached hydrogens (primary N) is 1. The molecule has 1 fully saturated rings. The second-order valence-electron chi connectivity index (χ2n) is 5.63. The van der Waals surface area contributed by atoms with Gasteiger partial charge in [0.2, 0.25) is 6.79 Å². The first-order valence-electron chi connectivity index (χ1n) is 7.09. The van der Waals surface area contributed by atoms with Gasteiger partial charge in [0.05, 0.1) is 5.56 Å². The molecule has 1 amide bonds. The SMILES string of the molecule is CC1CCCC(C)N1C(=O)c1cc2c(cc1N)OCO2. The maximum absolute atomic E-state index is 12.8. The minimum absolute atomic E-state index is 0.0134. The fraction of sp³-hybridized carbons (Fsp3) is 0.533. The van der Waals surface area contributed by atoms with Gasteiger partial charge in [-0.3, -0.25) is 4.79 Å². The van der Waals surface area contributed by atoms with E-state index in [9.17, 15) is 4.79 Å². The number of rotatable bonds is 1. The summed E-state index contributed by atoms with van der Waals surface area (Å²) in [6.45, 7) is 4.37. The maximum atomic E-state index is 12.8.